The van der Waals surface area contributed by atoms with E-state index >= 15 is 0 Å². The van der Waals surface area contributed by atoms with Crippen molar-refractivity contribution in [2.75, 3.05) is 33.9 Å². The van der Waals surface area contributed by atoms with Crippen LogP contribution in [0.4, 0.5) is 0 Å². The van der Waals surface area contributed by atoms with Gasteiger partial charge in [-0.25, -0.2) is 8.42 Å². The van der Waals surface area contributed by atoms with Crippen LogP contribution in [0, 0.1) is 5.92 Å². The highest BCUT2D eigenvalue weighted by Crippen LogP contribution is 2.31. The molecule has 0 aliphatic carbocycles. The molecular weight excluding hydrogens is 294 g/mol. The smallest absolute Gasteiger partial charge is 0.243 e. The van der Waals surface area contributed by atoms with Gasteiger partial charge < -0.3 is 14.6 Å². The van der Waals surface area contributed by atoms with Crippen LogP contribution in [0.2, 0.25) is 0 Å². The third-order valence-electron chi connectivity index (χ3n) is 3.73. The minimum absolute atomic E-state index is 0.00803. The van der Waals surface area contributed by atoms with E-state index in [-0.39, 0.29) is 17.4 Å². The molecule has 1 fully saturated rings. The second-order valence-corrected chi connectivity index (χ2v) is 7.01. The Morgan fingerprint density at radius 2 is 2.00 bits per heavy atom. The van der Waals surface area contributed by atoms with Crippen molar-refractivity contribution >= 4 is 10.0 Å². The highest BCUT2D eigenvalue weighted by molar-refractivity contribution is 7.89. The number of piperidine rings is 1. The zero-order chi connectivity index (χ0) is 15.5. The Morgan fingerprint density at radius 3 is 2.62 bits per heavy atom. The summed E-state index contributed by atoms with van der Waals surface area (Å²) >= 11 is 0. The normalized spacial score (nSPS) is 20.2. The van der Waals surface area contributed by atoms with Crippen molar-refractivity contribution in [3.05, 3.63) is 18.2 Å². The van der Waals surface area contributed by atoms with Crippen LogP contribution >= 0.6 is 0 Å². The molecule has 0 radical (unpaired) electrons. The fourth-order valence-electron chi connectivity index (χ4n) is 2.52. The van der Waals surface area contributed by atoms with Gasteiger partial charge in [0.15, 0.2) is 11.5 Å². The second kappa shape index (κ2) is 6.64. The van der Waals surface area contributed by atoms with Gasteiger partial charge >= 0.3 is 0 Å². The number of ether oxygens (including phenoxy) is 2. The molecule has 1 aliphatic heterocycles. The van der Waals surface area contributed by atoms with Crippen molar-refractivity contribution in [1.29, 1.82) is 0 Å². The van der Waals surface area contributed by atoms with Crippen LogP contribution in [0.15, 0.2) is 23.1 Å². The van der Waals surface area contributed by atoms with Crippen LogP contribution in [0.5, 0.6) is 11.5 Å². The Morgan fingerprint density at radius 1 is 1.29 bits per heavy atom. The lowest BCUT2D eigenvalue weighted by molar-refractivity contribution is 0.165. The largest absolute Gasteiger partial charge is 0.493 e. The molecule has 1 saturated heterocycles. The van der Waals surface area contributed by atoms with Crippen molar-refractivity contribution in [2.24, 2.45) is 5.92 Å². The van der Waals surface area contributed by atoms with E-state index in [1.165, 1.54) is 30.7 Å². The van der Waals surface area contributed by atoms with E-state index in [0.29, 0.717) is 24.6 Å². The fourth-order valence-corrected chi connectivity index (χ4v) is 4.09. The van der Waals surface area contributed by atoms with Crippen LogP contribution in [0.25, 0.3) is 0 Å². The zero-order valence-corrected chi connectivity index (χ0v) is 13.1. The molecular formula is C14H21NO5S. The number of benzene rings is 1. The summed E-state index contributed by atoms with van der Waals surface area (Å²) in [7, 11) is -0.604. The predicted molar refractivity (Wildman–Crippen MR) is 78.1 cm³/mol. The molecule has 0 aromatic heterocycles. The van der Waals surface area contributed by atoms with Gasteiger partial charge in [-0.05, 0) is 30.9 Å². The molecule has 2 rings (SSSR count). The summed E-state index contributed by atoms with van der Waals surface area (Å²) in [5, 5.41) is 9.24. The van der Waals surface area contributed by atoms with Crippen LogP contribution in [0.3, 0.4) is 0 Å². The summed E-state index contributed by atoms with van der Waals surface area (Å²) in [6, 6.07) is 4.56. The van der Waals surface area contributed by atoms with Crippen molar-refractivity contribution in [3.8, 4) is 11.5 Å². The molecule has 0 saturated carbocycles. The van der Waals surface area contributed by atoms with E-state index < -0.39 is 10.0 Å². The zero-order valence-electron chi connectivity index (χ0n) is 12.3. The van der Waals surface area contributed by atoms with Crippen LogP contribution < -0.4 is 9.47 Å². The first-order valence-electron chi connectivity index (χ1n) is 6.86. The average Bonchev–Trinajstić information content (AvgIpc) is 2.54. The van der Waals surface area contributed by atoms with E-state index in [9.17, 15) is 13.5 Å². The van der Waals surface area contributed by atoms with Gasteiger partial charge in [-0.3, -0.25) is 0 Å². The standard InChI is InChI=1S/C14H21NO5S/c1-19-13-6-5-12(8-14(13)20-2)21(17,18)15-7-3-4-11(9-15)10-16/h5-6,8,11,16H,3-4,7,9-10H2,1-2H3. The third-order valence-corrected chi connectivity index (χ3v) is 5.59. The number of aliphatic hydroxyl groups excluding tert-OH is 1. The SMILES string of the molecule is COc1ccc(S(=O)(=O)N2CCCC(CO)C2)cc1OC. The van der Waals surface area contributed by atoms with Gasteiger partial charge in [-0.15, -0.1) is 0 Å². The lowest BCUT2D eigenvalue weighted by Crippen LogP contribution is -2.40. The number of sulfonamides is 1. The van der Waals surface area contributed by atoms with Gasteiger partial charge in [0.25, 0.3) is 0 Å². The molecule has 1 aromatic carbocycles. The maximum atomic E-state index is 12.7. The monoisotopic (exact) mass is 315 g/mol. The van der Waals surface area contributed by atoms with Crippen molar-refractivity contribution in [2.45, 2.75) is 17.7 Å². The highest BCUT2D eigenvalue weighted by Gasteiger charge is 2.30. The Balaban J connectivity index is 2.30. The summed E-state index contributed by atoms with van der Waals surface area (Å²) in [6.07, 6.45) is 1.62. The predicted octanol–water partition coefficient (Wildman–Crippen LogP) is 1.10. The van der Waals surface area contributed by atoms with Crippen LogP contribution in [0.1, 0.15) is 12.8 Å². The second-order valence-electron chi connectivity index (χ2n) is 5.07. The molecule has 0 bridgehead atoms. The minimum atomic E-state index is -3.58. The molecule has 7 heteroatoms. The summed E-state index contributed by atoms with van der Waals surface area (Å²) in [4.78, 5) is 0.179. The summed E-state index contributed by atoms with van der Waals surface area (Å²) in [6.45, 7) is 0.846. The van der Waals surface area contributed by atoms with Crippen LogP contribution in [-0.2, 0) is 10.0 Å². The first kappa shape index (κ1) is 16.1. The molecule has 1 heterocycles. The van der Waals surface area contributed by atoms with Crippen LogP contribution in [-0.4, -0.2) is 51.7 Å². The minimum Gasteiger partial charge on any atom is -0.493 e. The van der Waals surface area contributed by atoms with Crippen molar-refractivity contribution in [3.63, 3.8) is 0 Å². The topological polar surface area (TPSA) is 76.1 Å². The summed E-state index contributed by atoms with van der Waals surface area (Å²) in [5.74, 6) is 0.881. The lowest BCUT2D eigenvalue weighted by Gasteiger charge is -2.31. The van der Waals surface area contributed by atoms with Gasteiger partial charge in [0.05, 0.1) is 19.1 Å². The highest BCUT2D eigenvalue weighted by atomic mass is 32.2. The maximum absolute atomic E-state index is 12.7. The molecule has 1 aliphatic rings. The Labute approximate surface area is 125 Å². The number of nitrogens with zero attached hydrogens (tertiary/aromatic N) is 1. The number of rotatable bonds is 5. The third kappa shape index (κ3) is 3.30. The van der Waals surface area contributed by atoms with E-state index in [2.05, 4.69) is 0 Å². The lowest BCUT2D eigenvalue weighted by atomic mass is 10.0. The average molecular weight is 315 g/mol. The van der Waals surface area contributed by atoms with E-state index in [4.69, 9.17) is 9.47 Å². The molecule has 0 amide bonds. The Kier molecular flexibility index (Phi) is 5.08. The van der Waals surface area contributed by atoms with E-state index in [1.54, 1.807) is 6.07 Å². The first-order chi connectivity index (χ1) is 10.0. The summed E-state index contributed by atoms with van der Waals surface area (Å²) in [5.41, 5.74) is 0. The molecule has 1 N–H and O–H groups in total. The molecule has 1 atom stereocenters. The molecule has 6 nitrogen and oxygen atoms in total. The summed E-state index contributed by atoms with van der Waals surface area (Å²) < 4.78 is 37.0. The Bertz CT molecular complexity index is 587. The quantitative estimate of drug-likeness (QED) is 0.880. The van der Waals surface area contributed by atoms with Gasteiger partial charge in [0.2, 0.25) is 10.0 Å². The molecule has 118 valence electrons. The van der Waals surface area contributed by atoms with Gasteiger partial charge in [-0.2, -0.15) is 4.31 Å². The first-order valence-corrected chi connectivity index (χ1v) is 8.30. The number of aliphatic hydroxyl groups is 1. The molecule has 21 heavy (non-hydrogen) atoms. The fraction of sp³-hybridized carbons (Fsp3) is 0.571. The maximum Gasteiger partial charge on any atom is 0.243 e. The van der Waals surface area contributed by atoms with Crippen molar-refractivity contribution < 1.29 is 23.0 Å². The van der Waals surface area contributed by atoms with E-state index in [0.717, 1.165) is 12.8 Å². The number of hydrogen-bond donors (Lipinski definition) is 1. The van der Waals surface area contributed by atoms with Gasteiger partial charge in [-0.1, -0.05) is 0 Å². The molecule has 0 spiro atoms. The van der Waals surface area contributed by atoms with Gasteiger partial charge in [0.1, 0.15) is 0 Å². The number of hydrogen-bond acceptors (Lipinski definition) is 5. The Hall–Kier alpha value is -1.31. The number of methoxy groups -OCH3 is 2. The van der Waals surface area contributed by atoms with Crippen molar-refractivity contribution in [1.82, 2.24) is 4.31 Å². The van der Waals surface area contributed by atoms with Gasteiger partial charge in [0, 0.05) is 25.8 Å². The van der Waals surface area contributed by atoms with E-state index in [1.807, 2.05) is 0 Å². The molecule has 1 unspecified atom stereocenters. The molecule has 1 aromatic rings.